The number of alkyl carbamates (subject to hydrolysis) is 1. The van der Waals surface area contributed by atoms with Crippen molar-refractivity contribution in [3.63, 3.8) is 0 Å². The van der Waals surface area contributed by atoms with Crippen molar-refractivity contribution in [3.05, 3.63) is 0 Å². The van der Waals surface area contributed by atoms with E-state index in [4.69, 9.17) is 4.74 Å². The van der Waals surface area contributed by atoms with Crippen LogP contribution in [0, 0.1) is 0 Å². The number of carbonyl (C=O) groups excluding carboxylic acids is 1. The number of rotatable bonds is 2. The van der Waals surface area contributed by atoms with Crippen LogP contribution < -0.4 is 5.32 Å². The summed E-state index contributed by atoms with van der Waals surface area (Å²) in [4.78, 5) is 10.6. The predicted octanol–water partition coefficient (Wildman–Crippen LogP) is -0.199. The molecule has 0 bridgehead atoms. The topological polar surface area (TPSA) is 38.3 Å². The Bertz CT molecular complexity index is 162. The van der Waals surface area contributed by atoms with Crippen molar-refractivity contribution in [3.8, 4) is 0 Å². The van der Waals surface area contributed by atoms with Gasteiger partial charge < -0.3 is 14.5 Å². The van der Waals surface area contributed by atoms with Crippen LogP contribution in [0.5, 0.6) is 0 Å². The molecule has 0 aliphatic carbocycles. The Morgan fingerprint density at radius 3 is 2.64 bits per heavy atom. The van der Waals surface area contributed by atoms with Gasteiger partial charge in [-0.25, -0.2) is 4.79 Å². The molecule has 1 fully saturated rings. The minimum absolute atomic E-state index is 0.0440. The normalized spacial score (nSPS) is 24.6. The van der Waals surface area contributed by atoms with Gasteiger partial charge in [0.15, 0.2) is 6.10 Å². The third-order valence-corrected chi connectivity index (χ3v) is 1.50. The molecule has 4 heteroatoms. The van der Waals surface area contributed by atoms with Crippen LogP contribution in [0.1, 0.15) is 0 Å². The molecule has 1 saturated heterocycles. The number of carbonyl (C=O) groups is 1. The van der Waals surface area contributed by atoms with Crippen molar-refractivity contribution in [2.45, 2.75) is 6.10 Å². The molecule has 1 N–H and O–H groups in total. The molecule has 0 aromatic rings. The first-order valence-corrected chi connectivity index (χ1v) is 3.72. The Morgan fingerprint density at radius 2 is 2.27 bits per heavy atom. The summed E-state index contributed by atoms with van der Waals surface area (Å²) in [6.45, 7) is 1.51. The molecule has 11 heavy (non-hydrogen) atoms. The van der Waals surface area contributed by atoms with E-state index in [1.54, 1.807) is 0 Å². The Hall–Kier alpha value is -0.770. The average molecular weight is 159 g/mol. The number of hydrogen-bond acceptors (Lipinski definition) is 2. The Labute approximate surface area is 66.7 Å². The minimum atomic E-state index is -0.288. The van der Waals surface area contributed by atoms with E-state index in [1.807, 2.05) is 0 Å². The maximum absolute atomic E-state index is 10.6. The van der Waals surface area contributed by atoms with Crippen molar-refractivity contribution < 1.29 is 14.0 Å². The lowest BCUT2D eigenvalue weighted by atomic mass is 10.3. The van der Waals surface area contributed by atoms with Gasteiger partial charge in [-0.05, 0) is 0 Å². The first-order chi connectivity index (χ1) is 4.97. The monoisotopic (exact) mass is 159 g/mol. The van der Waals surface area contributed by atoms with Crippen molar-refractivity contribution >= 4 is 6.09 Å². The van der Waals surface area contributed by atoms with Crippen molar-refractivity contribution in [2.75, 3.05) is 34.2 Å². The second-order valence-corrected chi connectivity index (χ2v) is 3.88. The van der Waals surface area contributed by atoms with E-state index in [1.165, 1.54) is 0 Å². The molecular weight excluding hydrogens is 144 g/mol. The van der Waals surface area contributed by atoms with Crippen molar-refractivity contribution in [2.24, 2.45) is 0 Å². The van der Waals surface area contributed by atoms with Crippen LogP contribution in [-0.4, -0.2) is 50.9 Å². The average Bonchev–Trinajstić information content (AvgIpc) is 2.10. The first kappa shape index (κ1) is 8.33. The maximum Gasteiger partial charge on any atom is 0.407 e. The molecule has 0 saturated carbocycles. The lowest BCUT2D eigenvalue weighted by Crippen LogP contribution is -2.42. The van der Waals surface area contributed by atoms with Gasteiger partial charge in [0.1, 0.15) is 6.54 Å². The van der Waals surface area contributed by atoms with Gasteiger partial charge in [0.05, 0.1) is 27.7 Å². The van der Waals surface area contributed by atoms with Crippen molar-refractivity contribution in [1.29, 1.82) is 0 Å². The van der Waals surface area contributed by atoms with Crippen LogP contribution >= 0.6 is 0 Å². The van der Waals surface area contributed by atoms with Gasteiger partial charge in [-0.2, -0.15) is 0 Å². The summed E-state index contributed by atoms with van der Waals surface area (Å²) < 4.78 is 5.79. The zero-order valence-corrected chi connectivity index (χ0v) is 7.26. The Kier molecular flexibility index (Phi) is 2.04. The van der Waals surface area contributed by atoms with Crippen LogP contribution in [0.4, 0.5) is 4.79 Å². The van der Waals surface area contributed by atoms with Crippen LogP contribution in [0.15, 0.2) is 0 Å². The second-order valence-electron chi connectivity index (χ2n) is 3.88. The van der Waals surface area contributed by atoms with E-state index in [0.717, 1.165) is 11.0 Å². The smallest absolute Gasteiger partial charge is 0.407 e. The van der Waals surface area contributed by atoms with E-state index in [9.17, 15) is 4.79 Å². The lowest BCUT2D eigenvalue weighted by molar-refractivity contribution is -0.873. The SMILES string of the molecule is C[N+](C)(C)C[C@H]1CNC(=O)O1. The third kappa shape index (κ3) is 2.76. The molecule has 1 atom stereocenters. The largest absolute Gasteiger partial charge is 0.438 e. The number of amides is 1. The number of cyclic esters (lactones) is 1. The third-order valence-electron chi connectivity index (χ3n) is 1.50. The molecule has 0 unspecified atom stereocenters. The van der Waals surface area contributed by atoms with Crippen LogP contribution in [0.25, 0.3) is 0 Å². The highest BCUT2D eigenvalue weighted by molar-refractivity contribution is 5.69. The minimum Gasteiger partial charge on any atom is -0.438 e. The highest BCUT2D eigenvalue weighted by Gasteiger charge is 2.27. The van der Waals surface area contributed by atoms with Gasteiger partial charge in [0.2, 0.25) is 0 Å². The summed E-state index contributed by atoms with van der Waals surface area (Å²) in [5.74, 6) is 0. The number of nitrogens with zero attached hydrogens (tertiary/aromatic N) is 1. The molecule has 1 rings (SSSR count). The van der Waals surface area contributed by atoms with Gasteiger partial charge in [0, 0.05) is 0 Å². The molecule has 64 valence electrons. The summed E-state index contributed by atoms with van der Waals surface area (Å²) in [5.41, 5.74) is 0. The second kappa shape index (κ2) is 2.70. The molecule has 0 radical (unpaired) electrons. The van der Waals surface area contributed by atoms with E-state index in [2.05, 4.69) is 26.5 Å². The summed E-state index contributed by atoms with van der Waals surface area (Å²) in [6.07, 6.45) is -0.244. The van der Waals surface area contributed by atoms with Gasteiger partial charge in [-0.15, -0.1) is 0 Å². The van der Waals surface area contributed by atoms with Crippen LogP contribution in [0.2, 0.25) is 0 Å². The van der Waals surface area contributed by atoms with Crippen LogP contribution in [0.3, 0.4) is 0 Å². The lowest BCUT2D eigenvalue weighted by Gasteiger charge is -2.25. The Balaban J connectivity index is 2.34. The van der Waals surface area contributed by atoms with Gasteiger partial charge >= 0.3 is 6.09 Å². The molecule has 0 spiro atoms. The predicted molar refractivity (Wildman–Crippen MR) is 41.2 cm³/mol. The van der Waals surface area contributed by atoms with Gasteiger partial charge in [0.25, 0.3) is 0 Å². The summed E-state index contributed by atoms with van der Waals surface area (Å²) in [6, 6.07) is 0. The number of hydrogen-bond donors (Lipinski definition) is 1. The maximum atomic E-state index is 10.6. The zero-order chi connectivity index (χ0) is 8.48. The van der Waals surface area contributed by atoms with Gasteiger partial charge in [-0.3, -0.25) is 0 Å². The fourth-order valence-corrected chi connectivity index (χ4v) is 1.14. The number of quaternary nitrogens is 1. The summed E-state index contributed by atoms with van der Waals surface area (Å²) >= 11 is 0. The van der Waals surface area contributed by atoms with E-state index >= 15 is 0 Å². The number of ether oxygens (including phenoxy) is 1. The highest BCUT2D eigenvalue weighted by Crippen LogP contribution is 2.03. The summed E-state index contributed by atoms with van der Waals surface area (Å²) in [5, 5.41) is 2.62. The molecular formula is C7H15N2O2+. The molecule has 1 aliphatic rings. The summed E-state index contributed by atoms with van der Waals surface area (Å²) in [7, 11) is 6.23. The Morgan fingerprint density at radius 1 is 1.64 bits per heavy atom. The van der Waals surface area contributed by atoms with Crippen LogP contribution in [-0.2, 0) is 4.74 Å². The number of nitrogens with one attached hydrogen (secondary N) is 1. The molecule has 1 amide bonds. The standard InChI is InChI=1S/C7H14N2O2/c1-9(2,3)5-6-4-8-7(10)11-6/h6H,4-5H2,1-3H3/p+1/t6-/m1/s1. The van der Waals surface area contributed by atoms with E-state index in [0.29, 0.717) is 6.54 Å². The number of likely N-dealkylation sites (N-methyl/N-ethyl adjacent to an activating group) is 1. The molecule has 0 aromatic heterocycles. The molecule has 1 aliphatic heterocycles. The van der Waals surface area contributed by atoms with Gasteiger partial charge in [-0.1, -0.05) is 0 Å². The zero-order valence-electron chi connectivity index (χ0n) is 7.26. The quantitative estimate of drug-likeness (QED) is 0.567. The fourth-order valence-electron chi connectivity index (χ4n) is 1.14. The van der Waals surface area contributed by atoms with E-state index in [-0.39, 0.29) is 12.2 Å². The van der Waals surface area contributed by atoms with E-state index < -0.39 is 0 Å². The highest BCUT2D eigenvalue weighted by atomic mass is 16.6. The molecule has 4 nitrogen and oxygen atoms in total. The first-order valence-electron chi connectivity index (χ1n) is 3.72. The molecule has 1 heterocycles. The van der Waals surface area contributed by atoms with Crippen molar-refractivity contribution in [1.82, 2.24) is 5.32 Å². The molecule has 0 aromatic carbocycles. The fraction of sp³-hybridized carbons (Fsp3) is 0.857.